The van der Waals surface area contributed by atoms with Gasteiger partial charge < -0.3 is 14.8 Å². The van der Waals surface area contributed by atoms with Gasteiger partial charge in [0.1, 0.15) is 18.0 Å². The van der Waals surface area contributed by atoms with Crippen molar-refractivity contribution in [1.29, 1.82) is 0 Å². The van der Waals surface area contributed by atoms with Crippen molar-refractivity contribution in [3.8, 4) is 11.5 Å². The van der Waals surface area contributed by atoms with Gasteiger partial charge in [0.15, 0.2) is 0 Å². The van der Waals surface area contributed by atoms with E-state index >= 15 is 0 Å². The lowest BCUT2D eigenvalue weighted by atomic mass is 10.1. The van der Waals surface area contributed by atoms with Crippen LogP contribution in [0.3, 0.4) is 0 Å². The number of hydrogen-bond donors (Lipinski definition) is 1. The van der Waals surface area contributed by atoms with Gasteiger partial charge in [0.05, 0.1) is 19.1 Å². The van der Waals surface area contributed by atoms with Gasteiger partial charge in [-0.2, -0.15) is 0 Å². The van der Waals surface area contributed by atoms with Gasteiger partial charge in [-0.25, -0.2) is 0 Å². The van der Waals surface area contributed by atoms with Crippen molar-refractivity contribution in [2.45, 2.75) is 0 Å². The third-order valence-electron chi connectivity index (χ3n) is 4.03. The number of benzene rings is 2. The minimum absolute atomic E-state index is 0.212. The maximum atomic E-state index is 12.7. The lowest BCUT2D eigenvalue weighted by Gasteiger charge is -2.12. The molecule has 2 aromatic rings. The normalized spacial score (nSPS) is 15.0. The van der Waals surface area contributed by atoms with Crippen LogP contribution >= 0.6 is 34.4 Å². The van der Waals surface area contributed by atoms with Crippen LogP contribution in [0.1, 0.15) is 5.56 Å². The van der Waals surface area contributed by atoms with Gasteiger partial charge in [-0.3, -0.25) is 19.3 Å². The fraction of sp³-hybridized carbons (Fsp3) is 0.150. The molecule has 0 unspecified atom stereocenters. The summed E-state index contributed by atoms with van der Waals surface area (Å²) in [6, 6.07) is 12.3. The van der Waals surface area contributed by atoms with Gasteiger partial charge in [0, 0.05) is 14.8 Å². The standard InChI is InChI=1S/C20H17IN2O5S/c1-27-15-7-8-16(28-2)12(9-15)10-17-19(25)23(20(26)29-17)11-18(24)22-14-5-3-13(21)4-6-14/h3-10H,11H2,1-2H3,(H,22,24)/b17-10+. The molecule has 0 aromatic heterocycles. The highest BCUT2D eigenvalue weighted by Crippen LogP contribution is 2.35. The minimum Gasteiger partial charge on any atom is -0.497 e. The topological polar surface area (TPSA) is 84.9 Å². The summed E-state index contributed by atoms with van der Waals surface area (Å²) in [4.78, 5) is 38.4. The van der Waals surface area contributed by atoms with E-state index in [4.69, 9.17) is 9.47 Å². The van der Waals surface area contributed by atoms with Crippen molar-refractivity contribution in [1.82, 2.24) is 4.90 Å². The maximum absolute atomic E-state index is 12.7. The molecule has 2 aromatic carbocycles. The summed E-state index contributed by atoms with van der Waals surface area (Å²) in [6.07, 6.45) is 1.56. The fourth-order valence-corrected chi connectivity index (χ4v) is 3.80. The smallest absolute Gasteiger partial charge is 0.294 e. The number of carbonyl (C=O) groups excluding carboxylic acids is 3. The van der Waals surface area contributed by atoms with E-state index < -0.39 is 17.1 Å². The molecule has 1 fully saturated rings. The number of nitrogens with zero attached hydrogens (tertiary/aromatic N) is 1. The van der Waals surface area contributed by atoms with E-state index in [9.17, 15) is 14.4 Å². The van der Waals surface area contributed by atoms with Crippen molar-refractivity contribution in [2.24, 2.45) is 0 Å². The summed E-state index contributed by atoms with van der Waals surface area (Å²) in [7, 11) is 3.05. The molecule has 150 valence electrons. The second-order valence-corrected chi connectivity index (χ2v) is 8.17. The van der Waals surface area contributed by atoms with Crippen LogP contribution in [0, 0.1) is 3.57 Å². The Bertz CT molecular complexity index is 991. The summed E-state index contributed by atoms with van der Waals surface area (Å²) < 4.78 is 11.5. The quantitative estimate of drug-likeness (QED) is 0.455. The van der Waals surface area contributed by atoms with Gasteiger partial charge in [0.25, 0.3) is 11.1 Å². The van der Waals surface area contributed by atoms with Crippen LogP contribution in [0.25, 0.3) is 6.08 Å². The third kappa shape index (κ3) is 5.10. The molecule has 29 heavy (non-hydrogen) atoms. The number of methoxy groups -OCH3 is 2. The van der Waals surface area contributed by atoms with Crippen LogP contribution in [0.4, 0.5) is 10.5 Å². The van der Waals surface area contributed by atoms with Crippen LogP contribution in [0.2, 0.25) is 0 Å². The molecule has 3 rings (SSSR count). The Morgan fingerprint density at radius 3 is 2.52 bits per heavy atom. The zero-order valence-electron chi connectivity index (χ0n) is 15.6. The van der Waals surface area contributed by atoms with E-state index in [0.717, 1.165) is 20.2 Å². The van der Waals surface area contributed by atoms with E-state index in [1.165, 1.54) is 14.2 Å². The molecule has 0 radical (unpaired) electrons. The number of ether oxygens (including phenoxy) is 2. The average Bonchev–Trinajstić information content (AvgIpc) is 2.97. The molecule has 0 atom stereocenters. The number of imide groups is 1. The van der Waals surface area contributed by atoms with Crippen molar-refractivity contribution < 1.29 is 23.9 Å². The van der Waals surface area contributed by atoms with Gasteiger partial charge in [-0.1, -0.05) is 0 Å². The predicted octanol–water partition coefficient (Wildman–Crippen LogP) is 3.98. The van der Waals surface area contributed by atoms with Crippen LogP contribution in [0.15, 0.2) is 47.4 Å². The molecule has 0 bridgehead atoms. The molecule has 1 aliphatic heterocycles. The Hall–Kier alpha value is -2.53. The third-order valence-corrected chi connectivity index (χ3v) is 5.65. The van der Waals surface area contributed by atoms with Crippen molar-refractivity contribution in [2.75, 3.05) is 26.1 Å². The lowest BCUT2D eigenvalue weighted by Crippen LogP contribution is -2.36. The molecule has 0 aliphatic carbocycles. The molecule has 7 nitrogen and oxygen atoms in total. The molecule has 1 saturated heterocycles. The maximum Gasteiger partial charge on any atom is 0.294 e. The Kier molecular flexibility index (Phi) is 6.80. The molecule has 3 amide bonds. The first-order chi connectivity index (χ1) is 13.9. The predicted molar refractivity (Wildman–Crippen MR) is 120 cm³/mol. The van der Waals surface area contributed by atoms with Crippen molar-refractivity contribution in [3.05, 3.63) is 56.5 Å². The van der Waals surface area contributed by atoms with E-state index in [1.54, 1.807) is 36.4 Å². The molecular weight excluding hydrogens is 507 g/mol. The number of carbonyl (C=O) groups is 3. The van der Waals surface area contributed by atoms with Gasteiger partial charge in [0.2, 0.25) is 5.91 Å². The SMILES string of the molecule is COc1ccc(OC)c(/C=C2/SC(=O)N(CC(=O)Nc3ccc(I)cc3)C2=O)c1. The highest BCUT2D eigenvalue weighted by atomic mass is 127. The number of rotatable bonds is 6. The van der Waals surface area contributed by atoms with E-state index in [1.807, 2.05) is 12.1 Å². The summed E-state index contributed by atoms with van der Waals surface area (Å²) >= 11 is 2.94. The minimum atomic E-state index is -0.525. The second-order valence-electron chi connectivity index (χ2n) is 5.93. The van der Waals surface area contributed by atoms with E-state index in [0.29, 0.717) is 22.7 Å². The zero-order valence-corrected chi connectivity index (χ0v) is 18.6. The van der Waals surface area contributed by atoms with Crippen molar-refractivity contribution in [3.63, 3.8) is 0 Å². The van der Waals surface area contributed by atoms with E-state index in [-0.39, 0.29) is 11.4 Å². The number of amides is 3. The van der Waals surface area contributed by atoms with Gasteiger partial charge >= 0.3 is 0 Å². The highest BCUT2D eigenvalue weighted by Gasteiger charge is 2.36. The first-order valence-electron chi connectivity index (χ1n) is 8.44. The summed E-state index contributed by atoms with van der Waals surface area (Å²) in [5.41, 5.74) is 1.19. The van der Waals surface area contributed by atoms with Crippen molar-refractivity contribution >= 4 is 63.2 Å². The number of thioether (sulfide) groups is 1. The van der Waals surface area contributed by atoms with Crippen LogP contribution in [-0.4, -0.2) is 42.7 Å². The highest BCUT2D eigenvalue weighted by molar-refractivity contribution is 14.1. The average molecular weight is 524 g/mol. The molecule has 1 heterocycles. The zero-order chi connectivity index (χ0) is 21.0. The molecule has 9 heteroatoms. The largest absolute Gasteiger partial charge is 0.497 e. The summed E-state index contributed by atoms with van der Waals surface area (Å²) in [6.45, 7) is -0.358. The number of anilines is 1. The Morgan fingerprint density at radius 1 is 1.14 bits per heavy atom. The van der Waals surface area contributed by atoms with Crippen LogP contribution < -0.4 is 14.8 Å². The first-order valence-corrected chi connectivity index (χ1v) is 10.3. The second kappa shape index (κ2) is 9.31. The molecule has 0 spiro atoms. The number of nitrogens with one attached hydrogen (secondary N) is 1. The molecule has 1 aliphatic rings. The van der Waals surface area contributed by atoms with Crippen LogP contribution in [-0.2, 0) is 9.59 Å². The fourth-order valence-electron chi connectivity index (χ4n) is 2.61. The lowest BCUT2D eigenvalue weighted by molar-refractivity contribution is -0.127. The van der Waals surface area contributed by atoms with Crippen LogP contribution in [0.5, 0.6) is 11.5 Å². The number of hydrogen-bond acceptors (Lipinski definition) is 6. The first kappa shape index (κ1) is 21.2. The van der Waals surface area contributed by atoms with Gasteiger partial charge in [-0.05, 0) is 82.9 Å². The Balaban J connectivity index is 1.75. The molecular formula is C20H17IN2O5S. The Morgan fingerprint density at radius 2 is 1.86 bits per heavy atom. The monoisotopic (exact) mass is 524 g/mol. The number of halogens is 1. The van der Waals surface area contributed by atoms with Gasteiger partial charge in [-0.15, -0.1) is 0 Å². The Labute approximate surface area is 185 Å². The van der Waals surface area contributed by atoms with E-state index in [2.05, 4.69) is 27.9 Å². The molecule has 0 saturated carbocycles. The summed E-state index contributed by atoms with van der Waals surface area (Å²) in [5.74, 6) is 0.151. The molecule has 1 N–H and O–H groups in total. The summed E-state index contributed by atoms with van der Waals surface area (Å²) in [5, 5.41) is 2.18.